The number of methoxy groups -OCH3 is 1. The number of rotatable bonds is 6. The summed E-state index contributed by atoms with van der Waals surface area (Å²) in [4.78, 5) is 0.139. The summed E-state index contributed by atoms with van der Waals surface area (Å²) < 4.78 is 33.2. The summed E-state index contributed by atoms with van der Waals surface area (Å²) in [6.45, 7) is 1.61. The van der Waals surface area contributed by atoms with Crippen LogP contribution >= 0.6 is 27.5 Å². The molecule has 1 aromatic rings. The highest BCUT2D eigenvalue weighted by Gasteiger charge is 2.35. The summed E-state index contributed by atoms with van der Waals surface area (Å²) >= 11 is 9.13. The van der Waals surface area contributed by atoms with Gasteiger partial charge in [0, 0.05) is 23.1 Å². The molecular weight excluding hydrogens is 380 g/mol. The summed E-state index contributed by atoms with van der Waals surface area (Å²) in [7, 11) is -2.02. The van der Waals surface area contributed by atoms with E-state index in [2.05, 4.69) is 26.0 Å². The van der Waals surface area contributed by atoms with E-state index >= 15 is 0 Å². The molecule has 1 atom stereocenters. The van der Waals surface area contributed by atoms with E-state index in [1.165, 1.54) is 6.07 Å². The quantitative estimate of drug-likeness (QED) is 0.772. The van der Waals surface area contributed by atoms with Crippen molar-refractivity contribution in [2.75, 3.05) is 26.8 Å². The Bertz CT molecular complexity index is 603. The Morgan fingerprint density at radius 2 is 2.29 bits per heavy atom. The average molecular weight is 398 g/mol. The minimum Gasteiger partial charge on any atom is -0.383 e. The molecule has 2 rings (SSSR count). The summed E-state index contributed by atoms with van der Waals surface area (Å²) in [5, 5.41) is 3.71. The first-order chi connectivity index (χ1) is 9.88. The van der Waals surface area contributed by atoms with Gasteiger partial charge in [-0.2, -0.15) is 0 Å². The number of hydrogen-bond donors (Lipinski definition) is 2. The van der Waals surface area contributed by atoms with E-state index in [1.54, 1.807) is 19.2 Å². The Balaban J connectivity index is 2.15. The highest BCUT2D eigenvalue weighted by Crippen LogP contribution is 2.26. The zero-order valence-corrected chi connectivity index (χ0v) is 14.8. The van der Waals surface area contributed by atoms with Crippen molar-refractivity contribution in [2.45, 2.75) is 23.3 Å². The van der Waals surface area contributed by atoms with Gasteiger partial charge in [0.25, 0.3) is 0 Å². The molecule has 1 heterocycles. The largest absolute Gasteiger partial charge is 0.383 e. The van der Waals surface area contributed by atoms with Crippen LogP contribution in [0.4, 0.5) is 0 Å². The predicted molar refractivity (Wildman–Crippen MR) is 86.2 cm³/mol. The molecule has 0 aromatic heterocycles. The zero-order valence-electron chi connectivity index (χ0n) is 11.7. The van der Waals surface area contributed by atoms with Crippen LogP contribution in [-0.4, -0.2) is 40.8 Å². The first-order valence-electron chi connectivity index (χ1n) is 6.57. The fraction of sp³-hybridized carbons (Fsp3) is 0.538. The topological polar surface area (TPSA) is 67.4 Å². The Morgan fingerprint density at radius 3 is 2.90 bits per heavy atom. The van der Waals surface area contributed by atoms with Gasteiger partial charge < -0.3 is 10.1 Å². The van der Waals surface area contributed by atoms with Gasteiger partial charge in [0.2, 0.25) is 10.0 Å². The predicted octanol–water partition coefficient (Wildman–Crippen LogP) is 2.15. The second kappa shape index (κ2) is 6.93. The second-order valence-corrected chi connectivity index (χ2v) is 8.17. The lowest BCUT2D eigenvalue weighted by molar-refractivity contribution is 0.122. The lowest BCUT2D eigenvalue weighted by Crippen LogP contribution is -2.52. The van der Waals surface area contributed by atoms with E-state index in [0.29, 0.717) is 16.1 Å². The minimum atomic E-state index is -3.63. The third kappa shape index (κ3) is 4.18. The Labute approximate surface area is 138 Å². The minimum absolute atomic E-state index is 0.139. The van der Waals surface area contributed by atoms with Crippen LogP contribution in [0.2, 0.25) is 5.02 Å². The summed E-state index contributed by atoms with van der Waals surface area (Å²) in [6, 6.07) is 4.68. The Kier molecular flexibility index (Phi) is 5.67. The molecule has 1 aromatic carbocycles. The molecule has 1 aliphatic heterocycles. The number of nitrogens with one attached hydrogen (secondary N) is 2. The van der Waals surface area contributed by atoms with E-state index in [4.69, 9.17) is 16.3 Å². The van der Waals surface area contributed by atoms with Crippen LogP contribution in [0.25, 0.3) is 0 Å². The van der Waals surface area contributed by atoms with Gasteiger partial charge >= 0.3 is 0 Å². The lowest BCUT2D eigenvalue weighted by atomic mass is 9.99. The second-order valence-electron chi connectivity index (χ2n) is 5.14. The standard InChI is InChI=1S/C13H18BrClN2O3S/c1-20-9-13(5-2-6-16-13)8-17-21(18,19)12-7-10(15)3-4-11(12)14/h3-4,7,16-17H,2,5-6,8-9H2,1H3. The van der Waals surface area contributed by atoms with Crippen molar-refractivity contribution in [2.24, 2.45) is 0 Å². The van der Waals surface area contributed by atoms with Gasteiger partial charge in [-0.25, -0.2) is 13.1 Å². The molecule has 0 radical (unpaired) electrons. The number of benzene rings is 1. The van der Waals surface area contributed by atoms with Gasteiger partial charge in [-0.15, -0.1) is 0 Å². The van der Waals surface area contributed by atoms with Crippen LogP contribution in [0.5, 0.6) is 0 Å². The van der Waals surface area contributed by atoms with Crippen molar-refractivity contribution in [3.05, 3.63) is 27.7 Å². The van der Waals surface area contributed by atoms with Gasteiger partial charge in [0.05, 0.1) is 17.0 Å². The third-order valence-electron chi connectivity index (χ3n) is 3.54. The number of ether oxygens (including phenoxy) is 1. The van der Waals surface area contributed by atoms with Crippen molar-refractivity contribution >= 4 is 37.6 Å². The molecule has 1 fully saturated rings. The first kappa shape index (κ1) is 17.2. The van der Waals surface area contributed by atoms with Crippen LogP contribution in [0, 0.1) is 0 Å². The lowest BCUT2D eigenvalue weighted by Gasteiger charge is -2.29. The van der Waals surface area contributed by atoms with Crippen LogP contribution < -0.4 is 10.0 Å². The van der Waals surface area contributed by atoms with Gasteiger partial charge in [-0.3, -0.25) is 0 Å². The molecule has 1 saturated heterocycles. The van der Waals surface area contributed by atoms with Crippen LogP contribution in [0.15, 0.2) is 27.6 Å². The molecule has 118 valence electrons. The maximum atomic E-state index is 12.4. The van der Waals surface area contributed by atoms with Crippen molar-refractivity contribution < 1.29 is 13.2 Å². The first-order valence-corrected chi connectivity index (χ1v) is 9.23. The molecular formula is C13H18BrClN2O3S. The fourth-order valence-electron chi connectivity index (χ4n) is 2.46. The van der Waals surface area contributed by atoms with Crippen molar-refractivity contribution in [3.8, 4) is 0 Å². The molecule has 0 amide bonds. The van der Waals surface area contributed by atoms with Gasteiger partial charge in [-0.05, 0) is 53.5 Å². The van der Waals surface area contributed by atoms with Crippen LogP contribution in [0.1, 0.15) is 12.8 Å². The molecule has 1 aliphatic rings. The number of halogens is 2. The molecule has 0 bridgehead atoms. The van der Waals surface area contributed by atoms with E-state index < -0.39 is 10.0 Å². The van der Waals surface area contributed by atoms with Crippen molar-refractivity contribution in [1.29, 1.82) is 0 Å². The van der Waals surface area contributed by atoms with E-state index in [-0.39, 0.29) is 17.0 Å². The summed E-state index contributed by atoms with van der Waals surface area (Å²) in [5.41, 5.74) is -0.340. The van der Waals surface area contributed by atoms with Crippen LogP contribution in [0.3, 0.4) is 0 Å². The van der Waals surface area contributed by atoms with Gasteiger partial charge in [0.1, 0.15) is 0 Å². The molecule has 0 aliphatic carbocycles. The summed E-state index contributed by atoms with van der Waals surface area (Å²) in [5.74, 6) is 0. The van der Waals surface area contributed by atoms with Crippen LogP contribution in [-0.2, 0) is 14.8 Å². The highest BCUT2D eigenvalue weighted by atomic mass is 79.9. The molecule has 8 heteroatoms. The van der Waals surface area contributed by atoms with E-state index in [0.717, 1.165) is 19.4 Å². The molecule has 5 nitrogen and oxygen atoms in total. The number of sulfonamides is 1. The molecule has 21 heavy (non-hydrogen) atoms. The highest BCUT2D eigenvalue weighted by molar-refractivity contribution is 9.10. The Morgan fingerprint density at radius 1 is 1.52 bits per heavy atom. The maximum absolute atomic E-state index is 12.4. The maximum Gasteiger partial charge on any atom is 0.241 e. The smallest absolute Gasteiger partial charge is 0.241 e. The fourth-order valence-corrected chi connectivity index (χ4v) is 4.82. The zero-order chi connectivity index (χ0) is 15.5. The normalized spacial score (nSPS) is 22.6. The Hall–Kier alpha value is -0.180. The number of hydrogen-bond acceptors (Lipinski definition) is 4. The molecule has 1 unspecified atom stereocenters. The van der Waals surface area contributed by atoms with Crippen molar-refractivity contribution in [3.63, 3.8) is 0 Å². The van der Waals surface area contributed by atoms with Crippen molar-refractivity contribution in [1.82, 2.24) is 10.0 Å². The molecule has 2 N–H and O–H groups in total. The van der Waals surface area contributed by atoms with Gasteiger partial charge in [-0.1, -0.05) is 11.6 Å². The third-order valence-corrected chi connectivity index (χ3v) is 6.17. The van der Waals surface area contributed by atoms with E-state index in [1.807, 2.05) is 0 Å². The summed E-state index contributed by atoms with van der Waals surface area (Å²) in [6.07, 6.45) is 1.88. The monoisotopic (exact) mass is 396 g/mol. The average Bonchev–Trinajstić information content (AvgIpc) is 2.89. The molecule has 0 saturated carbocycles. The molecule has 0 spiro atoms. The van der Waals surface area contributed by atoms with Gasteiger partial charge in [0.15, 0.2) is 0 Å². The van der Waals surface area contributed by atoms with E-state index in [9.17, 15) is 8.42 Å². The SMILES string of the molecule is COCC1(CNS(=O)(=O)c2cc(Cl)ccc2Br)CCCN1.